The van der Waals surface area contributed by atoms with Crippen molar-refractivity contribution in [2.75, 3.05) is 0 Å². The molecule has 0 aliphatic carbocycles. The van der Waals surface area contributed by atoms with Gasteiger partial charge in [0.25, 0.3) is 5.88 Å². The van der Waals surface area contributed by atoms with E-state index >= 15 is 0 Å². The number of hydrogen-bond acceptors (Lipinski definition) is 3. The van der Waals surface area contributed by atoms with Crippen molar-refractivity contribution in [2.45, 2.75) is 6.92 Å². The van der Waals surface area contributed by atoms with Crippen molar-refractivity contribution in [1.29, 1.82) is 0 Å². The molecule has 88 valence electrons. The van der Waals surface area contributed by atoms with Crippen LogP contribution in [0.15, 0.2) is 58.0 Å². The molecule has 3 nitrogen and oxygen atoms in total. The summed E-state index contributed by atoms with van der Waals surface area (Å²) in [6.45, 7) is 1.88. The van der Waals surface area contributed by atoms with Gasteiger partial charge in [0, 0.05) is 17.8 Å². The predicted molar refractivity (Wildman–Crippen MR) is 72.4 cm³/mol. The van der Waals surface area contributed by atoms with Gasteiger partial charge in [-0.3, -0.25) is 0 Å². The first-order chi connectivity index (χ1) is 8.83. The van der Waals surface area contributed by atoms with Crippen molar-refractivity contribution in [2.24, 2.45) is 4.99 Å². The molecule has 0 fully saturated rings. The quantitative estimate of drug-likeness (QED) is 0.633. The second-order valence-electron chi connectivity index (χ2n) is 4.13. The summed E-state index contributed by atoms with van der Waals surface area (Å²) in [5.74, 6) is 0.528. The number of hydrogen-bond donors (Lipinski definition) is 0. The van der Waals surface area contributed by atoms with E-state index in [0.29, 0.717) is 5.88 Å². The second-order valence-corrected chi connectivity index (χ2v) is 4.13. The van der Waals surface area contributed by atoms with E-state index in [2.05, 4.69) is 28.3 Å². The number of aliphatic imine (C=N–C) groups is 1. The van der Waals surface area contributed by atoms with Gasteiger partial charge in [0.2, 0.25) is 0 Å². The minimum Gasteiger partial charge on any atom is -0.336 e. The molecule has 0 aliphatic rings. The highest BCUT2D eigenvalue weighted by atomic mass is 16.5. The van der Waals surface area contributed by atoms with Crippen molar-refractivity contribution in [1.82, 2.24) is 5.16 Å². The summed E-state index contributed by atoms with van der Waals surface area (Å²) >= 11 is 0. The summed E-state index contributed by atoms with van der Waals surface area (Å²) in [5.41, 5.74) is 1.90. The summed E-state index contributed by atoms with van der Waals surface area (Å²) < 4.78 is 5.05. The third-order valence-electron chi connectivity index (χ3n) is 2.77. The molecule has 0 saturated heterocycles. The fourth-order valence-corrected chi connectivity index (χ4v) is 1.91. The molecule has 1 aromatic heterocycles. The van der Waals surface area contributed by atoms with Gasteiger partial charge in [0.15, 0.2) is 0 Å². The first-order valence-corrected chi connectivity index (χ1v) is 5.78. The van der Waals surface area contributed by atoms with Crippen molar-refractivity contribution >= 4 is 22.9 Å². The van der Waals surface area contributed by atoms with Crippen molar-refractivity contribution in [3.8, 4) is 0 Å². The van der Waals surface area contributed by atoms with Gasteiger partial charge in [-0.05, 0) is 17.7 Å². The Morgan fingerprint density at radius 3 is 2.78 bits per heavy atom. The maximum atomic E-state index is 5.05. The van der Waals surface area contributed by atoms with E-state index in [1.807, 2.05) is 43.5 Å². The van der Waals surface area contributed by atoms with E-state index in [0.717, 1.165) is 11.3 Å². The number of rotatable bonds is 2. The zero-order chi connectivity index (χ0) is 12.4. The van der Waals surface area contributed by atoms with Crippen molar-refractivity contribution in [3.05, 3.63) is 59.8 Å². The molecule has 0 N–H and O–H groups in total. The summed E-state index contributed by atoms with van der Waals surface area (Å²) in [6, 6.07) is 16.2. The van der Waals surface area contributed by atoms with Crippen LogP contribution >= 0.6 is 0 Å². The predicted octanol–water partition coefficient (Wildman–Crippen LogP) is 3.89. The summed E-state index contributed by atoms with van der Waals surface area (Å²) in [4.78, 5) is 4.29. The Bertz CT molecular complexity index is 708. The van der Waals surface area contributed by atoms with E-state index in [9.17, 15) is 0 Å². The zero-order valence-corrected chi connectivity index (χ0v) is 10.00. The van der Waals surface area contributed by atoms with E-state index in [1.165, 1.54) is 10.8 Å². The standard InChI is InChI=1S/C15H12N2O/c1-11-9-15(18-17-11)16-10-13-7-4-6-12-5-2-3-8-14(12)13/h2-10H,1H3/b16-10+. The molecule has 0 radical (unpaired) electrons. The lowest BCUT2D eigenvalue weighted by Crippen LogP contribution is -1.83. The minimum absolute atomic E-state index is 0.528. The van der Waals surface area contributed by atoms with E-state index in [4.69, 9.17) is 4.52 Å². The lowest BCUT2D eigenvalue weighted by molar-refractivity contribution is 0.425. The molecule has 3 rings (SSSR count). The SMILES string of the molecule is Cc1cc(/N=C/c2cccc3ccccc23)on1. The number of aryl methyl sites for hydroxylation is 1. The fourth-order valence-electron chi connectivity index (χ4n) is 1.91. The summed E-state index contributed by atoms with van der Waals surface area (Å²) in [5, 5.41) is 6.19. The van der Waals surface area contributed by atoms with Crippen LogP contribution in [0, 0.1) is 6.92 Å². The first kappa shape index (κ1) is 10.7. The van der Waals surface area contributed by atoms with Crippen LogP contribution in [0.1, 0.15) is 11.3 Å². The Labute approximate surface area is 105 Å². The van der Waals surface area contributed by atoms with Gasteiger partial charge in [-0.25, -0.2) is 4.99 Å². The van der Waals surface area contributed by atoms with Crippen LogP contribution in [0.25, 0.3) is 10.8 Å². The zero-order valence-electron chi connectivity index (χ0n) is 10.00. The van der Waals surface area contributed by atoms with Crippen LogP contribution < -0.4 is 0 Å². The number of benzene rings is 2. The molecule has 0 unspecified atom stereocenters. The smallest absolute Gasteiger partial charge is 0.250 e. The Balaban J connectivity index is 2.02. The minimum atomic E-state index is 0.528. The molecule has 0 atom stereocenters. The van der Waals surface area contributed by atoms with Gasteiger partial charge in [-0.1, -0.05) is 47.6 Å². The molecule has 0 spiro atoms. The molecule has 0 amide bonds. The van der Waals surface area contributed by atoms with Crippen molar-refractivity contribution in [3.63, 3.8) is 0 Å². The molecule has 3 aromatic rings. The largest absolute Gasteiger partial charge is 0.336 e. The number of nitrogens with zero attached hydrogens (tertiary/aromatic N) is 2. The van der Waals surface area contributed by atoms with Crippen LogP contribution in [0.2, 0.25) is 0 Å². The topological polar surface area (TPSA) is 38.4 Å². The summed E-state index contributed by atoms with van der Waals surface area (Å²) in [6.07, 6.45) is 1.81. The third kappa shape index (κ3) is 2.02. The summed E-state index contributed by atoms with van der Waals surface area (Å²) in [7, 11) is 0. The molecule has 0 bridgehead atoms. The number of aromatic nitrogens is 1. The van der Waals surface area contributed by atoms with E-state index < -0.39 is 0 Å². The normalized spacial score (nSPS) is 11.4. The highest BCUT2D eigenvalue weighted by molar-refractivity contribution is 6.00. The fraction of sp³-hybridized carbons (Fsp3) is 0.0667. The molecule has 2 aromatic carbocycles. The molecule has 18 heavy (non-hydrogen) atoms. The maximum absolute atomic E-state index is 5.05. The highest BCUT2D eigenvalue weighted by Crippen LogP contribution is 2.18. The average Bonchev–Trinajstić information content (AvgIpc) is 2.82. The van der Waals surface area contributed by atoms with E-state index in [-0.39, 0.29) is 0 Å². The lowest BCUT2D eigenvalue weighted by Gasteiger charge is -2.00. The Hall–Kier alpha value is -2.42. The molecule has 0 aliphatic heterocycles. The molecular weight excluding hydrogens is 224 g/mol. The lowest BCUT2D eigenvalue weighted by atomic mass is 10.1. The molecule has 3 heteroatoms. The molecule has 0 saturated carbocycles. The van der Waals surface area contributed by atoms with Crippen LogP contribution in [0.5, 0.6) is 0 Å². The van der Waals surface area contributed by atoms with Gasteiger partial charge in [-0.15, -0.1) is 0 Å². The molecular formula is C15H12N2O. The van der Waals surface area contributed by atoms with Crippen molar-refractivity contribution < 1.29 is 4.52 Å². The second kappa shape index (κ2) is 4.45. The first-order valence-electron chi connectivity index (χ1n) is 5.78. The number of fused-ring (bicyclic) bond motifs is 1. The third-order valence-corrected chi connectivity index (χ3v) is 2.77. The average molecular weight is 236 g/mol. The monoisotopic (exact) mass is 236 g/mol. The highest BCUT2D eigenvalue weighted by Gasteiger charge is 1.99. The van der Waals surface area contributed by atoms with Gasteiger partial charge < -0.3 is 4.52 Å². The Morgan fingerprint density at radius 1 is 1.11 bits per heavy atom. The van der Waals surface area contributed by atoms with Gasteiger partial charge in [0.1, 0.15) is 0 Å². The Morgan fingerprint density at radius 2 is 1.94 bits per heavy atom. The van der Waals surface area contributed by atoms with Gasteiger partial charge in [-0.2, -0.15) is 0 Å². The maximum Gasteiger partial charge on any atom is 0.250 e. The van der Waals surface area contributed by atoms with E-state index in [1.54, 1.807) is 0 Å². The van der Waals surface area contributed by atoms with Crippen LogP contribution in [-0.4, -0.2) is 11.4 Å². The Kier molecular flexibility index (Phi) is 2.65. The molecule has 1 heterocycles. The van der Waals surface area contributed by atoms with Gasteiger partial charge in [0.05, 0.1) is 5.69 Å². The van der Waals surface area contributed by atoms with Gasteiger partial charge >= 0.3 is 0 Å². The van der Waals surface area contributed by atoms with Crippen LogP contribution in [-0.2, 0) is 0 Å². The van der Waals surface area contributed by atoms with Crippen LogP contribution in [0.4, 0.5) is 5.88 Å². The van der Waals surface area contributed by atoms with Crippen LogP contribution in [0.3, 0.4) is 0 Å².